The zero-order valence-corrected chi connectivity index (χ0v) is 23.7. The molecule has 0 fully saturated rings. The van der Waals surface area contributed by atoms with Crippen molar-refractivity contribution in [2.45, 2.75) is 123 Å². The van der Waals surface area contributed by atoms with Gasteiger partial charge in [0.1, 0.15) is 12.2 Å². The first kappa shape index (κ1) is 29.8. The Kier molecular flexibility index (Phi) is 14.5. The second kappa shape index (κ2) is 17.1. The van der Waals surface area contributed by atoms with Gasteiger partial charge in [-0.15, -0.1) is 4.37 Å². The van der Waals surface area contributed by atoms with Crippen molar-refractivity contribution in [1.82, 2.24) is 8.75 Å². The average Bonchev–Trinajstić information content (AvgIpc) is 3.31. The van der Waals surface area contributed by atoms with E-state index >= 15 is 0 Å². The molecule has 0 amide bonds. The molecule has 2 heterocycles. The lowest BCUT2D eigenvalue weighted by Crippen LogP contribution is -2.55. The predicted octanol–water partition coefficient (Wildman–Crippen LogP) is 7.54. The van der Waals surface area contributed by atoms with Crippen LogP contribution < -0.4 is 4.74 Å². The lowest BCUT2D eigenvalue weighted by molar-refractivity contribution is -0.944. The molecular weight excluding hydrogens is 458 g/mol. The van der Waals surface area contributed by atoms with Crippen molar-refractivity contribution in [3.63, 3.8) is 0 Å². The van der Waals surface area contributed by atoms with Gasteiger partial charge in [0.15, 0.2) is 0 Å². The summed E-state index contributed by atoms with van der Waals surface area (Å²) in [6.07, 6.45) is 19.5. The Morgan fingerprint density at radius 3 is 2.29 bits per heavy atom. The number of ether oxygens (including phenoxy) is 2. The highest BCUT2D eigenvalue weighted by molar-refractivity contribution is 6.99. The van der Waals surface area contributed by atoms with Crippen LogP contribution in [0.2, 0.25) is 0 Å². The SMILES string of the molecule is CCCCCCCCCCCC(=O)O[C@@H](C)[N+]1(C)CCC=C(c2nsnc2OCCCCCC)C1. The van der Waals surface area contributed by atoms with Gasteiger partial charge >= 0.3 is 5.97 Å². The fraction of sp³-hybridized carbons (Fsp3) is 0.821. The molecule has 0 bridgehead atoms. The second-order valence-corrected chi connectivity index (χ2v) is 10.9. The van der Waals surface area contributed by atoms with Crippen molar-refractivity contribution in [2.75, 3.05) is 26.7 Å². The van der Waals surface area contributed by atoms with Gasteiger partial charge in [-0.05, 0) is 12.8 Å². The minimum atomic E-state index is -0.185. The lowest BCUT2D eigenvalue weighted by atomic mass is 10.0. The number of nitrogens with zero attached hydrogens (tertiary/aromatic N) is 3. The van der Waals surface area contributed by atoms with E-state index in [0.29, 0.717) is 23.4 Å². The summed E-state index contributed by atoms with van der Waals surface area (Å²) in [6, 6.07) is 0. The fourth-order valence-corrected chi connectivity index (χ4v) is 5.20. The molecule has 6 nitrogen and oxygen atoms in total. The predicted molar refractivity (Wildman–Crippen MR) is 145 cm³/mol. The summed E-state index contributed by atoms with van der Waals surface area (Å²) in [4.78, 5) is 12.5. The van der Waals surface area contributed by atoms with Gasteiger partial charge in [-0.3, -0.25) is 9.28 Å². The number of aromatic nitrogens is 2. The summed E-state index contributed by atoms with van der Waals surface area (Å²) < 4.78 is 21.5. The van der Waals surface area contributed by atoms with Gasteiger partial charge in [0.05, 0.1) is 31.9 Å². The standard InChI is InChI=1S/C28H50N3O3S/c1-5-7-9-11-12-13-14-15-16-20-26(32)34-24(3)31(4)21-18-19-25(23-31)27-28(30-35-29-27)33-22-17-10-8-6-2/h19,24H,5-18,20-23H2,1-4H3/q+1/t24-,31?/m0/s1. The summed E-state index contributed by atoms with van der Waals surface area (Å²) in [7, 11) is 2.18. The Labute approximate surface area is 218 Å². The molecule has 1 aliphatic rings. The summed E-state index contributed by atoms with van der Waals surface area (Å²) in [5.41, 5.74) is 2.01. The second-order valence-electron chi connectivity index (χ2n) is 10.4. The van der Waals surface area contributed by atoms with E-state index < -0.39 is 0 Å². The number of unbranched alkanes of at least 4 members (excludes halogenated alkanes) is 11. The monoisotopic (exact) mass is 508 g/mol. The van der Waals surface area contributed by atoms with Crippen LogP contribution in [0.4, 0.5) is 0 Å². The third-order valence-corrected chi connectivity index (χ3v) is 7.74. The molecule has 1 aliphatic heterocycles. The fourth-order valence-electron chi connectivity index (χ4n) is 4.67. The molecule has 35 heavy (non-hydrogen) atoms. The van der Waals surface area contributed by atoms with Crippen LogP contribution >= 0.6 is 11.7 Å². The number of hydrogen-bond donors (Lipinski definition) is 0. The first-order valence-electron chi connectivity index (χ1n) is 14.2. The van der Waals surface area contributed by atoms with E-state index in [2.05, 4.69) is 35.7 Å². The van der Waals surface area contributed by atoms with E-state index in [1.165, 1.54) is 75.9 Å². The summed E-state index contributed by atoms with van der Waals surface area (Å²) in [6.45, 7) is 8.89. The Balaban J connectivity index is 1.73. The number of quaternary nitrogens is 1. The zero-order chi connectivity index (χ0) is 25.4. The molecule has 0 radical (unpaired) electrons. The van der Waals surface area contributed by atoms with Crippen LogP contribution in [0.1, 0.15) is 123 Å². The molecule has 1 aromatic heterocycles. The van der Waals surface area contributed by atoms with Crippen molar-refractivity contribution in [2.24, 2.45) is 0 Å². The van der Waals surface area contributed by atoms with Crippen molar-refractivity contribution in [1.29, 1.82) is 0 Å². The molecule has 0 aliphatic carbocycles. The van der Waals surface area contributed by atoms with E-state index in [1.54, 1.807) is 0 Å². The Morgan fingerprint density at radius 1 is 0.971 bits per heavy atom. The van der Waals surface area contributed by atoms with Crippen molar-refractivity contribution in [3.05, 3.63) is 11.8 Å². The average molecular weight is 509 g/mol. The number of carbonyl (C=O) groups excluding carboxylic acids is 1. The molecule has 0 saturated carbocycles. The van der Waals surface area contributed by atoms with Crippen LogP contribution in [0.25, 0.3) is 5.57 Å². The summed E-state index contributed by atoms with van der Waals surface area (Å²) in [5, 5.41) is 0. The smallest absolute Gasteiger partial charge is 0.310 e. The molecule has 0 saturated heterocycles. The van der Waals surface area contributed by atoms with Crippen molar-refractivity contribution in [3.8, 4) is 5.88 Å². The van der Waals surface area contributed by atoms with Gasteiger partial charge in [-0.1, -0.05) is 90.6 Å². The molecule has 1 unspecified atom stereocenters. The van der Waals surface area contributed by atoms with Gasteiger partial charge in [-0.2, -0.15) is 4.37 Å². The van der Waals surface area contributed by atoms with Gasteiger partial charge in [0.2, 0.25) is 6.23 Å². The number of rotatable bonds is 19. The minimum Gasteiger partial charge on any atom is -0.475 e. The number of esters is 1. The molecule has 7 heteroatoms. The van der Waals surface area contributed by atoms with Gasteiger partial charge in [0, 0.05) is 25.3 Å². The van der Waals surface area contributed by atoms with Gasteiger partial charge in [-0.25, -0.2) is 0 Å². The summed E-state index contributed by atoms with van der Waals surface area (Å²) in [5.74, 6) is 0.587. The highest BCUT2D eigenvalue weighted by Crippen LogP contribution is 2.31. The Morgan fingerprint density at radius 2 is 1.60 bits per heavy atom. The van der Waals surface area contributed by atoms with Gasteiger partial charge < -0.3 is 9.47 Å². The normalized spacial score (nSPS) is 18.8. The van der Waals surface area contributed by atoms with E-state index in [-0.39, 0.29) is 12.2 Å². The molecule has 1 aromatic rings. The third-order valence-electron chi connectivity index (χ3n) is 7.23. The molecule has 0 N–H and O–H groups in total. The van der Waals surface area contributed by atoms with E-state index in [4.69, 9.17) is 9.47 Å². The Bertz CT molecular complexity index is 752. The van der Waals surface area contributed by atoms with Crippen LogP contribution in [-0.2, 0) is 9.53 Å². The molecule has 200 valence electrons. The van der Waals surface area contributed by atoms with Crippen LogP contribution in [0.15, 0.2) is 6.08 Å². The van der Waals surface area contributed by atoms with Crippen molar-refractivity contribution >= 4 is 23.3 Å². The lowest BCUT2D eigenvalue weighted by Gasteiger charge is -2.41. The Hall–Kier alpha value is -1.47. The number of carbonyl (C=O) groups is 1. The molecule has 2 rings (SSSR count). The topological polar surface area (TPSA) is 61.3 Å². The maximum absolute atomic E-state index is 12.5. The highest BCUT2D eigenvalue weighted by atomic mass is 32.1. The highest BCUT2D eigenvalue weighted by Gasteiger charge is 2.36. The largest absolute Gasteiger partial charge is 0.475 e. The summed E-state index contributed by atoms with van der Waals surface area (Å²) >= 11 is 1.21. The number of hydrogen-bond acceptors (Lipinski definition) is 6. The molecule has 0 spiro atoms. The first-order valence-corrected chi connectivity index (χ1v) is 14.9. The minimum absolute atomic E-state index is 0.0673. The quantitative estimate of drug-likeness (QED) is 0.110. The molecule has 0 aromatic carbocycles. The molecule has 2 atom stereocenters. The van der Waals surface area contributed by atoms with E-state index in [9.17, 15) is 4.79 Å². The van der Waals surface area contributed by atoms with Crippen LogP contribution in [0, 0.1) is 0 Å². The zero-order valence-electron chi connectivity index (χ0n) is 22.9. The van der Waals surface area contributed by atoms with Crippen LogP contribution in [-0.4, -0.2) is 52.2 Å². The van der Waals surface area contributed by atoms with Crippen LogP contribution in [0.3, 0.4) is 0 Å². The van der Waals surface area contributed by atoms with Crippen molar-refractivity contribution < 1.29 is 18.8 Å². The third kappa shape index (κ3) is 11.0. The van der Waals surface area contributed by atoms with Crippen LogP contribution in [0.5, 0.6) is 5.88 Å². The number of likely N-dealkylation sites (N-methyl/N-ethyl adjacent to an activating group) is 1. The van der Waals surface area contributed by atoms with E-state index in [0.717, 1.165) is 50.0 Å². The van der Waals surface area contributed by atoms with E-state index in [1.807, 2.05) is 6.92 Å². The van der Waals surface area contributed by atoms with Gasteiger partial charge in [0.25, 0.3) is 5.88 Å². The molecular formula is C28H50N3O3S+. The maximum atomic E-state index is 12.5. The maximum Gasteiger partial charge on any atom is 0.310 e. The first-order chi connectivity index (χ1) is 17.0.